The molecule has 0 unspecified atom stereocenters. The molecule has 1 aromatic rings. The third-order valence-corrected chi connectivity index (χ3v) is 3.78. The van der Waals surface area contributed by atoms with Gasteiger partial charge in [-0.2, -0.15) is 0 Å². The molecular formula is C15H20N2O3S. The smallest absolute Gasteiger partial charge is 0.409 e. The zero-order chi connectivity index (χ0) is 15.2. The molecule has 5 nitrogen and oxygen atoms in total. The van der Waals surface area contributed by atoms with Crippen molar-refractivity contribution in [1.82, 2.24) is 10.2 Å². The Labute approximate surface area is 130 Å². The predicted molar refractivity (Wildman–Crippen MR) is 82.8 cm³/mol. The predicted octanol–water partition coefficient (Wildman–Crippen LogP) is 2.33. The van der Waals surface area contributed by atoms with Gasteiger partial charge in [0.25, 0.3) is 5.91 Å². The second kappa shape index (κ2) is 7.36. The highest BCUT2D eigenvalue weighted by atomic mass is 32.1. The van der Waals surface area contributed by atoms with Gasteiger partial charge in [0.05, 0.1) is 6.61 Å². The molecule has 1 aromatic carbocycles. The van der Waals surface area contributed by atoms with E-state index in [0.29, 0.717) is 25.3 Å². The molecule has 1 N–H and O–H groups in total. The number of nitrogens with one attached hydrogen (secondary N) is 1. The van der Waals surface area contributed by atoms with E-state index in [-0.39, 0.29) is 18.0 Å². The van der Waals surface area contributed by atoms with Crippen molar-refractivity contribution in [2.75, 3.05) is 19.7 Å². The fourth-order valence-electron chi connectivity index (χ4n) is 2.30. The number of hydrogen-bond donors (Lipinski definition) is 2. The van der Waals surface area contributed by atoms with Crippen LogP contribution in [0, 0.1) is 0 Å². The van der Waals surface area contributed by atoms with E-state index < -0.39 is 0 Å². The highest BCUT2D eigenvalue weighted by molar-refractivity contribution is 7.80. The number of carbonyl (C=O) groups excluding carboxylic acids is 2. The minimum Gasteiger partial charge on any atom is -0.450 e. The van der Waals surface area contributed by atoms with Gasteiger partial charge in [-0.15, -0.1) is 12.6 Å². The lowest BCUT2D eigenvalue weighted by Crippen LogP contribution is -2.46. The zero-order valence-corrected chi connectivity index (χ0v) is 12.9. The minimum absolute atomic E-state index is 0.0853. The molecule has 1 aliphatic rings. The summed E-state index contributed by atoms with van der Waals surface area (Å²) in [6.07, 6.45) is 1.22. The molecule has 114 valence electrons. The summed E-state index contributed by atoms with van der Waals surface area (Å²) in [6.45, 7) is 3.40. The fraction of sp³-hybridized carbons (Fsp3) is 0.467. The fourth-order valence-corrected chi connectivity index (χ4v) is 2.45. The maximum absolute atomic E-state index is 12.1. The Hall–Kier alpha value is -1.69. The first-order valence-electron chi connectivity index (χ1n) is 7.11. The Morgan fingerprint density at radius 1 is 1.29 bits per heavy atom. The number of carbonyl (C=O) groups is 2. The second-order valence-corrected chi connectivity index (χ2v) is 5.50. The number of rotatable bonds is 3. The van der Waals surface area contributed by atoms with Crippen molar-refractivity contribution in [3.63, 3.8) is 0 Å². The van der Waals surface area contributed by atoms with E-state index in [2.05, 4.69) is 17.9 Å². The van der Waals surface area contributed by atoms with Crippen LogP contribution in [-0.4, -0.2) is 42.6 Å². The minimum atomic E-state index is -0.272. The summed E-state index contributed by atoms with van der Waals surface area (Å²) < 4.78 is 4.97. The van der Waals surface area contributed by atoms with Crippen molar-refractivity contribution < 1.29 is 14.3 Å². The van der Waals surface area contributed by atoms with Crippen LogP contribution in [0.1, 0.15) is 30.1 Å². The van der Waals surface area contributed by atoms with Crippen LogP contribution in [0.3, 0.4) is 0 Å². The third-order valence-electron chi connectivity index (χ3n) is 3.49. The molecule has 0 radical (unpaired) electrons. The highest BCUT2D eigenvalue weighted by Crippen LogP contribution is 2.13. The molecule has 6 heteroatoms. The monoisotopic (exact) mass is 308 g/mol. The molecule has 0 saturated carbocycles. The van der Waals surface area contributed by atoms with Crippen molar-refractivity contribution in [3.8, 4) is 0 Å². The van der Waals surface area contributed by atoms with Gasteiger partial charge in [0, 0.05) is 29.6 Å². The van der Waals surface area contributed by atoms with Gasteiger partial charge >= 0.3 is 6.09 Å². The maximum atomic E-state index is 12.1. The Morgan fingerprint density at radius 3 is 2.48 bits per heavy atom. The first-order valence-corrected chi connectivity index (χ1v) is 7.56. The summed E-state index contributed by atoms with van der Waals surface area (Å²) >= 11 is 4.20. The lowest BCUT2D eigenvalue weighted by atomic mass is 10.0. The van der Waals surface area contributed by atoms with Gasteiger partial charge < -0.3 is 15.0 Å². The number of thiol groups is 1. The Balaban J connectivity index is 1.82. The van der Waals surface area contributed by atoms with Gasteiger partial charge in [-0.25, -0.2) is 4.79 Å². The van der Waals surface area contributed by atoms with Crippen molar-refractivity contribution in [2.24, 2.45) is 0 Å². The van der Waals surface area contributed by atoms with Crippen LogP contribution in [0.4, 0.5) is 4.79 Å². The summed E-state index contributed by atoms with van der Waals surface area (Å²) in [5, 5.41) is 3.00. The average Bonchev–Trinajstić information content (AvgIpc) is 2.49. The number of likely N-dealkylation sites (tertiary alicyclic amines) is 1. The van der Waals surface area contributed by atoms with Crippen LogP contribution in [0.15, 0.2) is 29.2 Å². The van der Waals surface area contributed by atoms with Gasteiger partial charge in [-0.3, -0.25) is 4.79 Å². The molecule has 2 rings (SSSR count). The van der Waals surface area contributed by atoms with Gasteiger partial charge in [0.1, 0.15) is 0 Å². The molecule has 0 bridgehead atoms. The SMILES string of the molecule is CCOC(=O)N1CCC(NC(=O)c2ccc(S)cc2)CC1. The average molecular weight is 308 g/mol. The third kappa shape index (κ3) is 4.39. The summed E-state index contributed by atoms with van der Waals surface area (Å²) in [4.78, 5) is 26.2. The van der Waals surface area contributed by atoms with Crippen molar-refractivity contribution >= 4 is 24.6 Å². The number of hydrogen-bond acceptors (Lipinski definition) is 4. The molecule has 21 heavy (non-hydrogen) atoms. The van der Waals surface area contributed by atoms with Crippen LogP contribution in [-0.2, 0) is 4.74 Å². The van der Waals surface area contributed by atoms with E-state index in [1.807, 2.05) is 0 Å². The number of nitrogens with zero attached hydrogens (tertiary/aromatic N) is 1. The molecule has 1 fully saturated rings. The van der Waals surface area contributed by atoms with Crippen LogP contribution in [0.5, 0.6) is 0 Å². The summed E-state index contributed by atoms with van der Waals surface area (Å²) in [5.41, 5.74) is 0.626. The molecular weight excluding hydrogens is 288 g/mol. The number of piperidine rings is 1. The molecule has 2 amide bonds. The Bertz CT molecular complexity index is 496. The Kier molecular flexibility index (Phi) is 5.50. The van der Waals surface area contributed by atoms with Gasteiger partial charge in [0.2, 0.25) is 0 Å². The summed E-state index contributed by atoms with van der Waals surface area (Å²) in [7, 11) is 0. The quantitative estimate of drug-likeness (QED) is 0.843. The first-order chi connectivity index (χ1) is 10.1. The van der Waals surface area contributed by atoms with Crippen LogP contribution < -0.4 is 5.32 Å². The van der Waals surface area contributed by atoms with Gasteiger partial charge in [-0.05, 0) is 44.0 Å². The van der Waals surface area contributed by atoms with Crippen molar-refractivity contribution in [3.05, 3.63) is 29.8 Å². The number of benzene rings is 1. The van der Waals surface area contributed by atoms with E-state index in [9.17, 15) is 9.59 Å². The van der Waals surface area contributed by atoms with E-state index in [0.717, 1.165) is 17.7 Å². The molecule has 1 saturated heterocycles. The second-order valence-electron chi connectivity index (χ2n) is 4.98. The summed E-state index contributed by atoms with van der Waals surface area (Å²) in [5.74, 6) is -0.0853. The van der Waals surface area contributed by atoms with Crippen molar-refractivity contribution in [2.45, 2.75) is 30.7 Å². The van der Waals surface area contributed by atoms with Gasteiger partial charge in [-0.1, -0.05) is 0 Å². The summed E-state index contributed by atoms with van der Waals surface area (Å²) in [6, 6.07) is 7.19. The number of ether oxygens (including phenoxy) is 1. The zero-order valence-electron chi connectivity index (χ0n) is 12.0. The van der Waals surface area contributed by atoms with E-state index in [1.165, 1.54) is 0 Å². The maximum Gasteiger partial charge on any atom is 0.409 e. The lowest BCUT2D eigenvalue weighted by molar-refractivity contribution is 0.0860. The Morgan fingerprint density at radius 2 is 1.90 bits per heavy atom. The van der Waals surface area contributed by atoms with E-state index in [1.54, 1.807) is 36.1 Å². The number of amides is 2. The van der Waals surface area contributed by atoms with Gasteiger partial charge in [0.15, 0.2) is 0 Å². The highest BCUT2D eigenvalue weighted by Gasteiger charge is 2.24. The topological polar surface area (TPSA) is 58.6 Å². The molecule has 0 aliphatic carbocycles. The molecule has 0 spiro atoms. The molecule has 1 heterocycles. The molecule has 0 aromatic heterocycles. The molecule has 0 atom stereocenters. The lowest BCUT2D eigenvalue weighted by Gasteiger charge is -2.31. The van der Waals surface area contributed by atoms with Crippen LogP contribution in [0.25, 0.3) is 0 Å². The van der Waals surface area contributed by atoms with Crippen LogP contribution >= 0.6 is 12.6 Å². The standard InChI is InChI=1S/C15H20N2O3S/c1-2-20-15(19)17-9-7-12(8-10-17)16-14(18)11-3-5-13(21)6-4-11/h3-6,12,21H,2,7-10H2,1H3,(H,16,18). The first kappa shape index (κ1) is 15.7. The van der Waals surface area contributed by atoms with Crippen molar-refractivity contribution in [1.29, 1.82) is 0 Å². The van der Waals surface area contributed by atoms with E-state index >= 15 is 0 Å². The molecule has 1 aliphatic heterocycles. The largest absolute Gasteiger partial charge is 0.450 e. The van der Waals surface area contributed by atoms with E-state index in [4.69, 9.17) is 4.74 Å². The van der Waals surface area contributed by atoms with Crippen LogP contribution in [0.2, 0.25) is 0 Å². The normalized spacial score (nSPS) is 15.6.